The summed E-state index contributed by atoms with van der Waals surface area (Å²) >= 11 is 0. The van der Waals surface area contributed by atoms with Crippen LogP contribution in [0.1, 0.15) is 106 Å². The highest BCUT2D eigenvalue weighted by Gasteiger charge is 2.44. The molecule has 5 unspecified atom stereocenters. The van der Waals surface area contributed by atoms with Crippen LogP contribution in [0.3, 0.4) is 0 Å². The summed E-state index contributed by atoms with van der Waals surface area (Å²) in [5.41, 5.74) is 11.7. The van der Waals surface area contributed by atoms with Gasteiger partial charge in [-0.1, -0.05) is 112 Å². The van der Waals surface area contributed by atoms with Crippen molar-refractivity contribution in [2.75, 3.05) is 26.2 Å². The first-order valence-corrected chi connectivity index (χ1v) is 22.8. The number of likely N-dealkylation sites (tertiary alicyclic amines) is 2. The summed E-state index contributed by atoms with van der Waals surface area (Å²) < 4.78 is 0. The molecule has 0 spiro atoms. The summed E-state index contributed by atoms with van der Waals surface area (Å²) in [6.45, 7) is 16.2. The molecule has 3 N–H and O–H groups in total. The third kappa shape index (κ3) is 7.90. The highest BCUT2D eigenvalue weighted by atomic mass is 16.2. The Morgan fingerprint density at radius 3 is 2.37 bits per heavy atom. The van der Waals surface area contributed by atoms with E-state index < -0.39 is 0 Å². The maximum atomic E-state index is 14.5. The zero-order valence-corrected chi connectivity index (χ0v) is 36.7. The fraction of sp³-hybridized carbons (Fsp3) is 0.385. The highest BCUT2D eigenvalue weighted by Crippen LogP contribution is 2.42. The van der Waals surface area contributed by atoms with Crippen molar-refractivity contribution in [1.29, 1.82) is 0 Å². The Morgan fingerprint density at radius 2 is 1.61 bits per heavy atom. The predicted molar refractivity (Wildman–Crippen MR) is 247 cm³/mol. The number of aromatic amines is 2. The number of hydrogen-bond acceptors (Lipinski definition) is 6. The standard InChI is InChI=1S/C52H60N8O2/c1-6-53-34(5)45-29-33(4)48(60(45)46(61)30-35-17-11-9-12-18-35)51-54-41-27-25-38(32-43(41)56-51)37-24-26-40-39(31-37)21-15-22-42-47(40)57-50(55-42)44-23-16-28-59(44)52(62)49(58(7-2)8-3)36-19-13-10-14-20-36/h9-14,17-20,24-27,31-32,34,44-45,48-49,53H,4,6-8,15-16,21-23,28-30H2,1-3,5H3,(H,54,56)(H,55,57). The molecular formula is C52H60N8O2. The Balaban J connectivity index is 0.981. The number of carbonyl (C=O) groups is 2. The van der Waals surface area contributed by atoms with E-state index in [1.165, 1.54) is 5.56 Å². The first kappa shape index (κ1) is 41.5. The van der Waals surface area contributed by atoms with Gasteiger partial charge in [-0.05, 0) is 111 Å². The fourth-order valence-corrected chi connectivity index (χ4v) is 10.5. The van der Waals surface area contributed by atoms with Gasteiger partial charge in [0, 0.05) is 23.8 Å². The second kappa shape index (κ2) is 17.9. The number of nitrogens with zero attached hydrogens (tertiary/aromatic N) is 5. The molecule has 10 heteroatoms. The molecule has 3 aliphatic rings. The van der Waals surface area contributed by atoms with Gasteiger partial charge >= 0.3 is 0 Å². The molecule has 320 valence electrons. The summed E-state index contributed by atoms with van der Waals surface area (Å²) in [5.74, 6) is 1.89. The molecule has 0 saturated carbocycles. The molecule has 2 saturated heterocycles. The number of H-pyrrole nitrogens is 2. The van der Waals surface area contributed by atoms with Crippen molar-refractivity contribution in [2.24, 2.45) is 0 Å². The number of aromatic nitrogens is 4. The summed E-state index contributed by atoms with van der Waals surface area (Å²) in [6.07, 6.45) is 5.78. The van der Waals surface area contributed by atoms with E-state index in [9.17, 15) is 9.59 Å². The van der Waals surface area contributed by atoms with Gasteiger partial charge in [-0.3, -0.25) is 14.5 Å². The minimum Gasteiger partial charge on any atom is -0.344 e. The van der Waals surface area contributed by atoms with Crippen LogP contribution in [-0.2, 0) is 28.9 Å². The van der Waals surface area contributed by atoms with Crippen molar-refractivity contribution in [3.8, 4) is 22.4 Å². The number of rotatable bonds is 13. The van der Waals surface area contributed by atoms with Crippen LogP contribution in [-0.4, -0.2) is 84.7 Å². The van der Waals surface area contributed by atoms with E-state index in [0.29, 0.717) is 6.42 Å². The molecule has 0 bridgehead atoms. The third-order valence-electron chi connectivity index (χ3n) is 13.6. The molecule has 4 aromatic carbocycles. The molecular weight excluding hydrogens is 769 g/mol. The smallest absolute Gasteiger partial charge is 0.245 e. The Kier molecular flexibility index (Phi) is 12.0. The minimum absolute atomic E-state index is 0.0257. The second-order valence-electron chi connectivity index (χ2n) is 17.4. The number of imidazole rings is 2. The molecule has 4 heterocycles. The number of likely N-dealkylation sites (N-methyl/N-ethyl adjacent to an activating group) is 2. The molecule has 2 aliphatic heterocycles. The molecule has 2 aromatic heterocycles. The van der Waals surface area contributed by atoms with Crippen molar-refractivity contribution in [1.82, 2.24) is 40.0 Å². The lowest BCUT2D eigenvalue weighted by molar-refractivity contribution is -0.138. The molecule has 2 fully saturated rings. The molecule has 5 atom stereocenters. The fourth-order valence-electron chi connectivity index (χ4n) is 10.5. The summed E-state index contributed by atoms with van der Waals surface area (Å²) in [4.78, 5) is 52.8. The first-order chi connectivity index (χ1) is 30.3. The summed E-state index contributed by atoms with van der Waals surface area (Å²) in [5, 5.41) is 3.56. The lowest BCUT2D eigenvalue weighted by Gasteiger charge is -2.34. The van der Waals surface area contributed by atoms with Crippen LogP contribution in [0.4, 0.5) is 0 Å². The van der Waals surface area contributed by atoms with Gasteiger partial charge in [-0.15, -0.1) is 0 Å². The van der Waals surface area contributed by atoms with Gasteiger partial charge in [-0.25, -0.2) is 9.97 Å². The normalized spacial score (nSPS) is 19.8. The molecule has 62 heavy (non-hydrogen) atoms. The van der Waals surface area contributed by atoms with E-state index in [1.807, 2.05) is 53.4 Å². The van der Waals surface area contributed by atoms with Crippen molar-refractivity contribution >= 4 is 22.8 Å². The van der Waals surface area contributed by atoms with E-state index in [2.05, 4.69) is 108 Å². The number of nitrogens with one attached hydrogen (secondary N) is 3. The van der Waals surface area contributed by atoms with Crippen LogP contribution in [0.25, 0.3) is 33.4 Å². The van der Waals surface area contributed by atoms with Gasteiger partial charge in [-0.2, -0.15) is 0 Å². The monoisotopic (exact) mass is 828 g/mol. The van der Waals surface area contributed by atoms with Crippen LogP contribution in [0, 0.1) is 0 Å². The van der Waals surface area contributed by atoms with Crippen molar-refractivity contribution in [2.45, 2.75) is 103 Å². The molecule has 6 aromatic rings. The second-order valence-corrected chi connectivity index (χ2v) is 17.4. The SMILES string of the molecule is C=C1CC(C(C)NCC)N(C(=O)Cc2ccccc2)C1c1nc2ccc(-c3ccc4c(c3)CCCc3[nH]c(C5CCCN5C(=O)C(c5ccccc5)N(CC)CC)nc3-4)cc2[nH]1. The van der Waals surface area contributed by atoms with Crippen LogP contribution in [0.15, 0.2) is 109 Å². The average molecular weight is 829 g/mol. The van der Waals surface area contributed by atoms with E-state index in [0.717, 1.165) is 132 Å². The van der Waals surface area contributed by atoms with Crippen LogP contribution >= 0.6 is 0 Å². The molecule has 0 radical (unpaired) electrons. The number of benzene rings is 4. The average Bonchev–Trinajstić information content (AvgIpc) is 4.09. The quantitative estimate of drug-likeness (QED) is 0.100. The Hall–Kier alpha value is -5.84. The van der Waals surface area contributed by atoms with Crippen molar-refractivity contribution in [3.63, 3.8) is 0 Å². The Labute approximate surface area is 365 Å². The van der Waals surface area contributed by atoms with E-state index in [-0.39, 0.29) is 42.0 Å². The van der Waals surface area contributed by atoms with E-state index in [1.54, 1.807) is 0 Å². The Bertz CT molecular complexity index is 2560. The number of aryl methyl sites for hydroxylation is 2. The third-order valence-corrected chi connectivity index (χ3v) is 13.6. The van der Waals surface area contributed by atoms with Crippen molar-refractivity contribution in [3.05, 3.63) is 143 Å². The maximum Gasteiger partial charge on any atom is 0.245 e. The zero-order chi connectivity index (χ0) is 42.9. The summed E-state index contributed by atoms with van der Waals surface area (Å²) in [7, 11) is 0. The first-order valence-electron chi connectivity index (χ1n) is 22.8. The molecule has 2 amide bonds. The topological polar surface area (TPSA) is 113 Å². The maximum absolute atomic E-state index is 14.5. The number of carbonyl (C=O) groups excluding carboxylic acids is 2. The molecule has 1 aliphatic carbocycles. The van der Waals surface area contributed by atoms with Crippen molar-refractivity contribution < 1.29 is 9.59 Å². The van der Waals surface area contributed by atoms with Crippen LogP contribution in [0.2, 0.25) is 0 Å². The summed E-state index contributed by atoms with van der Waals surface area (Å²) in [6, 6.07) is 32.7. The number of amides is 2. The lowest BCUT2D eigenvalue weighted by atomic mass is 9.96. The predicted octanol–water partition coefficient (Wildman–Crippen LogP) is 9.29. The minimum atomic E-state index is -0.337. The van der Waals surface area contributed by atoms with Gasteiger partial charge in [0.15, 0.2) is 0 Å². The number of fused-ring (bicyclic) bond motifs is 4. The van der Waals surface area contributed by atoms with Gasteiger partial charge in [0.2, 0.25) is 11.8 Å². The van der Waals surface area contributed by atoms with E-state index in [4.69, 9.17) is 9.97 Å². The van der Waals surface area contributed by atoms with Gasteiger partial charge in [0.1, 0.15) is 23.7 Å². The van der Waals surface area contributed by atoms with Gasteiger partial charge in [0.25, 0.3) is 0 Å². The lowest BCUT2D eigenvalue weighted by Crippen LogP contribution is -2.48. The largest absolute Gasteiger partial charge is 0.344 e. The van der Waals surface area contributed by atoms with Gasteiger partial charge < -0.3 is 25.1 Å². The molecule has 10 nitrogen and oxygen atoms in total. The van der Waals surface area contributed by atoms with Crippen LogP contribution in [0.5, 0.6) is 0 Å². The van der Waals surface area contributed by atoms with Crippen LogP contribution < -0.4 is 5.32 Å². The zero-order valence-electron chi connectivity index (χ0n) is 36.7. The van der Waals surface area contributed by atoms with E-state index >= 15 is 0 Å². The Morgan fingerprint density at radius 1 is 0.871 bits per heavy atom. The highest BCUT2D eigenvalue weighted by molar-refractivity contribution is 5.85. The molecule has 9 rings (SSSR count). The van der Waals surface area contributed by atoms with Gasteiger partial charge in [0.05, 0.1) is 35.2 Å². The number of hydrogen-bond donors (Lipinski definition) is 3.